The number of nitrogens with zero attached hydrogens (tertiary/aromatic N) is 1. The van der Waals surface area contributed by atoms with Gasteiger partial charge in [-0.1, -0.05) is 0 Å². The average Bonchev–Trinajstić information content (AvgIpc) is 2.53. The molecular weight excluding hydrogens is 294 g/mol. The zero-order valence-corrected chi connectivity index (χ0v) is 13.5. The van der Waals surface area contributed by atoms with Crippen LogP contribution in [0.15, 0.2) is 0 Å². The molecule has 0 atom stereocenters. The summed E-state index contributed by atoms with van der Waals surface area (Å²) in [4.78, 5) is 35.7. The Balaban J connectivity index is 4.17. The lowest BCUT2D eigenvalue weighted by Crippen LogP contribution is -2.31. The predicted octanol–water partition coefficient (Wildman–Crippen LogP) is -0.00570. The number of carbonyl (C=O) groups is 3. The largest absolute Gasteiger partial charge is 0.469 e. The van der Waals surface area contributed by atoms with Crippen LogP contribution in [0.3, 0.4) is 0 Å². The fraction of sp³-hybridized carbons (Fsp3) is 0.786. The Kier molecular flexibility index (Phi) is 12.0. The SMILES string of the molecule is COCCOC(=O)CCN(CCC(=O)OC)CCC(=O)OC. The van der Waals surface area contributed by atoms with E-state index in [1.807, 2.05) is 4.90 Å². The third kappa shape index (κ3) is 11.0. The number of methoxy groups -OCH3 is 3. The molecule has 0 saturated carbocycles. The summed E-state index contributed by atoms with van der Waals surface area (Å²) in [5.41, 5.74) is 0. The zero-order valence-electron chi connectivity index (χ0n) is 13.5. The summed E-state index contributed by atoms with van der Waals surface area (Å²) >= 11 is 0. The number of hydrogen-bond donors (Lipinski definition) is 0. The maximum Gasteiger partial charge on any atom is 0.307 e. The molecule has 0 unspecified atom stereocenters. The van der Waals surface area contributed by atoms with Gasteiger partial charge in [0, 0.05) is 26.7 Å². The van der Waals surface area contributed by atoms with Gasteiger partial charge < -0.3 is 23.8 Å². The van der Waals surface area contributed by atoms with Crippen molar-refractivity contribution in [2.45, 2.75) is 19.3 Å². The Labute approximate surface area is 130 Å². The van der Waals surface area contributed by atoms with Gasteiger partial charge in [-0.2, -0.15) is 0 Å². The van der Waals surface area contributed by atoms with Crippen LogP contribution in [0.4, 0.5) is 0 Å². The second-order valence-electron chi connectivity index (χ2n) is 4.46. The van der Waals surface area contributed by atoms with Gasteiger partial charge >= 0.3 is 17.9 Å². The highest BCUT2D eigenvalue weighted by Gasteiger charge is 2.13. The van der Waals surface area contributed by atoms with E-state index in [4.69, 9.17) is 9.47 Å². The Morgan fingerprint density at radius 1 is 0.727 bits per heavy atom. The first-order valence-electron chi connectivity index (χ1n) is 7.04. The van der Waals surface area contributed by atoms with Gasteiger partial charge in [0.1, 0.15) is 6.61 Å². The summed E-state index contributed by atoms with van der Waals surface area (Å²) in [6, 6.07) is 0. The summed E-state index contributed by atoms with van der Waals surface area (Å²) < 4.78 is 18.9. The van der Waals surface area contributed by atoms with Crippen LogP contribution in [0.1, 0.15) is 19.3 Å². The van der Waals surface area contributed by atoms with Gasteiger partial charge in [-0.3, -0.25) is 14.4 Å². The van der Waals surface area contributed by atoms with E-state index < -0.39 is 0 Å². The highest BCUT2D eigenvalue weighted by atomic mass is 16.6. The van der Waals surface area contributed by atoms with Crippen molar-refractivity contribution >= 4 is 17.9 Å². The molecule has 128 valence electrons. The predicted molar refractivity (Wildman–Crippen MR) is 77.2 cm³/mol. The molecule has 0 rings (SSSR count). The Bertz CT molecular complexity index is 326. The van der Waals surface area contributed by atoms with Gasteiger partial charge in [-0.25, -0.2) is 0 Å². The molecule has 8 nitrogen and oxygen atoms in total. The van der Waals surface area contributed by atoms with Crippen LogP contribution in [0.25, 0.3) is 0 Å². The third-order valence-electron chi connectivity index (χ3n) is 2.90. The molecule has 0 aliphatic carbocycles. The highest BCUT2D eigenvalue weighted by molar-refractivity contribution is 5.70. The van der Waals surface area contributed by atoms with E-state index in [-0.39, 0.29) is 43.8 Å². The molecule has 0 spiro atoms. The molecule has 0 aliphatic heterocycles. The van der Waals surface area contributed by atoms with Crippen molar-refractivity contribution in [3.05, 3.63) is 0 Å². The minimum absolute atomic E-state index is 0.173. The smallest absolute Gasteiger partial charge is 0.307 e. The first-order chi connectivity index (χ1) is 10.5. The van der Waals surface area contributed by atoms with Gasteiger partial charge in [0.25, 0.3) is 0 Å². The van der Waals surface area contributed by atoms with Crippen LogP contribution in [-0.2, 0) is 33.3 Å². The molecule has 22 heavy (non-hydrogen) atoms. The highest BCUT2D eigenvalue weighted by Crippen LogP contribution is 2.00. The second-order valence-corrected chi connectivity index (χ2v) is 4.46. The molecule has 0 saturated heterocycles. The van der Waals surface area contributed by atoms with Crippen LogP contribution in [0.5, 0.6) is 0 Å². The van der Waals surface area contributed by atoms with Crippen LogP contribution in [0.2, 0.25) is 0 Å². The molecule has 8 heteroatoms. The summed E-state index contributed by atoms with van der Waals surface area (Å²) in [5, 5.41) is 0. The van der Waals surface area contributed by atoms with Gasteiger partial charge in [0.05, 0.1) is 40.1 Å². The number of esters is 3. The Morgan fingerprint density at radius 2 is 1.18 bits per heavy atom. The van der Waals surface area contributed by atoms with E-state index in [1.54, 1.807) is 0 Å². The third-order valence-corrected chi connectivity index (χ3v) is 2.90. The standard InChI is InChI=1S/C14H25NO7/c1-19-10-11-22-14(18)6-9-15(7-4-12(16)20-2)8-5-13(17)21-3/h4-11H2,1-3H3. The number of hydrogen-bond acceptors (Lipinski definition) is 8. The van der Waals surface area contributed by atoms with Crippen molar-refractivity contribution in [3.63, 3.8) is 0 Å². The molecule has 0 fully saturated rings. The Hall–Kier alpha value is -1.67. The molecule has 0 heterocycles. The first-order valence-corrected chi connectivity index (χ1v) is 7.04. The van der Waals surface area contributed by atoms with Crippen LogP contribution >= 0.6 is 0 Å². The topological polar surface area (TPSA) is 91.4 Å². The van der Waals surface area contributed by atoms with E-state index in [9.17, 15) is 14.4 Å². The first kappa shape index (κ1) is 20.3. The van der Waals surface area contributed by atoms with Gasteiger partial charge in [-0.15, -0.1) is 0 Å². The lowest BCUT2D eigenvalue weighted by Gasteiger charge is -2.20. The molecule has 0 bridgehead atoms. The van der Waals surface area contributed by atoms with E-state index in [0.29, 0.717) is 26.2 Å². The molecule has 0 aliphatic rings. The lowest BCUT2D eigenvalue weighted by molar-refractivity contribution is -0.145. The zero-order chi connectivity index (χ0) is 16.8. The Morgan fingerprint density at radius 3 is 1.59 bits per heavy atom. The molecule has 0 aromatic rings. The van der Waals surface area contributed by atoms with Crippen LogP contribution in [-0.4, -0.2) is 77.0 Å². The molecule has 0 amide bonds. The maximum absolute atomic E-state index is 11.5. The fourth-order valence-electron chi connectivity index (χ4n) is 1.60. The minimum atomic E-state index is -0.349. The molecule has 0 N–H and O–H groups in total. The normalized spacial score (nSPS) is 10.4. The van der Waals surface area contributed by atoms with Gasteiger partial charge in [-0.05, 0) is 0 Å². The number of ether oxygens (including phenoxy) is 4. The van der Waals surface area contributed by atoms with E-state index in [2.05, 4.69) is 9.47 Å². The van der Waals surface area contributed by atoms with E-state index in [0.717, 1.165) is 0 Å². The monoisotopic (exact) mass is 319 g/mol. The van der Waals surface area contributed by atoms with Crippen molar-refractivity contribution in [1.82, 2.24) is 4.90 Å². The summed E-state index contributed by atoms with van der Waals surface area (Å²) in [5.74, 6) is -1.03. The minimum Gasteiger partial charge on any atom is -0.469 e. The van der Waals surface area contributed by atoms with Crippen molar-refractivity contribution in [3.8, 4) is 0 Å². The van der Waals surface area contributed by atoms with Crippen molar-refractivity contribution in [2.24, 2.45) is 0 Å². The van der Waals surface area contributed by atoms with Gasteiger partial charge in [0.15, 0.2) is 0 Å². The summed E-state index contributed by atoms with van der Waals surface area (Å²) in [6.07, 6.45) is 0.554. The van der Waals surface area contributed by atoms with Crippen LogP contribution < -0.4 is 0 Å². The second kappa shape index (κ2) is 13.0. The number of rotatable bonds is 12. The summed E-state index contributed by atoms with van der Waals surface area (Å²) in [7, 11) is 4.15. The van der Waals surface area contributed by atoms with Gasteiger partial charge in [0.2, 0.25) is 0 Å². The quantitative estimate of drug-likeness (QED) is 0.282. The van der Waals surface area contributed by atoms with Crippen molar-refractivity contribution in [2.75, 3.05) is 54.2 Å². The lowest BCUT2D eigenvalue weighted by atomic mass is 10.3. The molecule has 0 aromatic heterocycles. The summed E-state index contributed by atoms with van der Waals surface area (Å²) in [6.45, 7) is 1.74. The van der Waals surface area contributed by atoms with Crippen molar-refractivity contribution in [1.29, 1.82) is 0 Å². The molecule has 0 radical (unpaired) electrons. The molecular formula is C14H25NO7. The van der Waals surface area contributed by atoms with E-state index in [1.165, 1.54) is 21.3 Å². The number of carbonyl (C=O) groups excluding carboxylic acids is 3. The van der Waals surface area contributed by atoms with E-state index >= 15 is 0 Å². The average molecular weight is 319 g/mol. The molecule has 0 aromatic carbocycles. The van der Waals surface area contributed by atoms with Crippen molar-refractivity contribution < 1.29 is 33.3 Å². The maximum atomic E-state index is 11.5. The van der Waals surface area contributed by atoms with Crippen LogP contribution in [0, 0.1) is 0 Å². The fourth-order valence-corrected chi connectivity index (χ4v) is 1.60.